The van der Waals surface area contributed by atoms with E-state index in [1.807, 2.05) is 42.1 Å². The number of carbonyl (C=O) groups excluding carboxylic acids is 1. The maximum atomic E-state index is 13.1. The van der Waals surface area contributed by atoms with Crippen LogP contribution in [0.2, 0.25) is 0 Å². The molecule has 7 heteroatoms. The summed E-state index contributed by atoms with van der Waals surface area (Å²) in [6.45, 7) is 6.78. The fourth-order valence-electron chi connectivity index (χ4n) is 3.30. The van der Waals surface area contributed by atoms with E-state index in [1.54, 1.807) is 36.9 Å². The SMILES string of the molecule is CCOC(=O)c1c(-c2cccs2)nc2c(cnn2CC)c1-c1cncc(C)c1. The third kappa shape index (κ3) is 3.07. The third-order valence-electron chi connectivity index (χ3n) is 4.48. The summed E-state index contributed by atoms with van der Waals surface area (Å²) in [5.74, 6) is -0.388. The van der Waals surface area contributed by atoms with E-state index < -0.39 is 0 Å². The van der Waals surface area contributed by atoms with Crippen molar-refractivity contribution in [3.63, 3.8) is 0 Å². The monoisotopic (exact) mass is 392 g/mol. The number of hydrogen-bond donors (Lipinski definition) is 0. The summed E-state index contributed by atoms with van der Waals surface area (Å²) in [7, 11) is 0. The van der Waals surface area contributed by atoms with E-state index in [0.29, 0.717) is 24.4 Å². The summed E-state index contributed by atoms with van der Waals surface area (Å²) in [6, 6.07) is 5.93. The van der Waals surface area contributed by atoms with Gasteiger partial charge in [0, 0.05) is 35.5 Å². The quantitative estimate of drug-likeness (QED) is 0.459. The maximum absolute atomic E-state index is 13.1. The number of aryl methyl sites for hydroxylation is 2. The number of rotatable bonds is 5. The van der Waals surface area contributed by atoms with Gasteiger partial charge < -0.3 is 4.74 Å². The molecule has 28 heavy (non-hydrogen) atoms. The number of nitrogens with zero attached hydrogens (tertiary/aromatic N) is 4. The molecular formula is C21H20N4O2S. The largest absolute Gasteiger partial charge is 0.462 e. The molecule has 142 valence electrons. The second-order valence-corrected chi connectivity index (χ2v) is 7.30. The summed E-state index contributed by atoms with van der Waals surface area (Å²) in [4.78, 5) is 23.2. The van der Waals surface area contributed by atoms with Gasteiger partial charge in [0.1, 0.15) is 0 Å². The lowest BCUT2D eigenvalue weighted by Crippen LogP contribution is -2.11. The fraction of sp³-hybridized carbons (Fsp3) is 0.238. The molecule has 4 aromatic heterocycles. The van der Waals surface area contributed by atoms with Gasteiger partial charge in [-0.3, -0.25) is 4.98 Å². The van der Waals surface area contributed by atoms with Crippen LogP contribution in [-0.4, -0.2) is 32.3 Å². The van der Waals surface area contributed by atoms with Crippen molar-refractivity contribution in [3.8, 4) is 21.7 Å². The Morgan fingerprint density at radius 3 is 2.79 bits per heavy atom. The zero-order valence-electron chi connectivity index (χ0n) is 16.0. The molecular weight excluding hydrogens is 372 g/mol. The Bertz CT molecular complexity index is 1150. The van der Waals surface area contributed by atoms with Crippen molar-refractivity contribution < 1.29 is 9.53 Å². The van der Waals surface area contributed by atoms with Gasteiger partial charge in [0.25, 0.3) is 0 Å². The van der Waals surface area contributed by atoms with E-state index in [2.05, 4.69) is 10.1 Å². The summed E-state index contributed by atoms with van der Waals surface area (Å²) in [6.07, 6.45) is 5.33. The number of esters is 1. The minimum Gasteiger partial charge on any atom is -0.462 e. The molecule has 0 unspecified atom stereocenters. The van der Waals surface area contributed by atoms with E-state index in [4.69, 9.17) is 9.72 Å². The lowest BCUT2D eigenvalue weighted by molar-refractivity contribution is 0.0528. The summed E-state index contributed by atoms with van der Waals surface area (Å²) in [5.41, 5.74) is 4.45. The van der Waals surface area contributed by atoms with Crippen LogP contribution < -0.4 is 0 Å². The van der Waals surface area contributed by atoms with Gasteiger partial charge >= 0.3 is 5.97 Å². The number of carbonyl (C=O) groups is 1. The molecule has 0 radical (unpaired) electrons. The Morgan fingerprint density at radius 2 is 2.11 bits per heavy atom. The highest BCUT2D eigenvalue weighted by Crippen LogP contribution is 2.38. The minimum atomic E-state index is -0.388. The molecule has 0 fully saturated rings. The van der Waals surface area contributed by atoms with Crippen LogP contribution in [0.4, 0.5) is 0 Å². The molecule has 0 aliphatic carbocycles. The normalized spacial score (nSPS) is 11.1. The van der Waals surface area contributed by atoms with Gasteiger partial charge in [-0.25, -0.2) is 14.5 Å². The Hall–Kier alpha value is -3.06. The molecule has 4 rings (SSSR count). The number of pyridine rings is 2. The van der Waals surface area contributed by atoms with Crippen molar-refractivity contribution in [1.82, 2.24) is 19.7 Å². The summed E-state index contributed by atoms with van der Waals surface area (Å²) >= 11 is 1.54. The molecule has 0 atom stereocenters. The highest BCUT2D eigenvalue weighted by Gasteiger charge is 2.26. The predicted octanol–water partition coefficient (Wildman–Crippen LogP) is 4.73. The average molecular weight is 392 g/mol. The van der Waals surface area contributed by atoms with Crippen LogP contribution in [0.3, 0.4) is 0 Å². The van der Waals surface area contributed by atoms with Crippen LogP contribution in [0, 0.1) is 6.92 Å². The van der Waals surface area contributed by atoms with Crippen molar-refractivity contribution in [2.45, 2.75) is 27.3 Å². The Morgan fingerprint density at radius 1 is 1.25 bits per heavy atom. The van der Waals surface area contributed by atoms with Crippen LogP contribution >= 0.6 is 11.3 Å². The van der Waals surface area contributed by atoms with Gasteiger partial charge in [0.15, 0.2) is 5.65 Å². The topological polar surface area (TPSA) is 69.9 Å². The first-order valence-corrected chi connectivity index (χ1v) is 10.0. The van der Waals surface area contributed by atoms with Crippen LogP contribution in [0.15, 0.2) is 42.2 Å². The predicted molar refractivity (Wildman–Crippen MR) is 110 cm³/mol. The maximum Gasteiger partial charge on any atom is 0.341 e. The number of fused-ring (bicyclic) bond motifs is 1. The van der Waals surface area contributed by atoms with Crippen LogP contribution in [-0.2, 0) is 11.3 Å². The molecule has 0 bridgehead atoms. The molecule has 0 saturated carbocycles. The average Bonchev–Trinajstić information content (AvgIpc) is 3.36. The molecule has 0 aromatic carbocycles. The van der Waals surface area contributed by atoms with Gasteiger partial charge in [-0.1, -0.05) is 6.07 Å². The van der Waals surface area contributed by atoms with Crippen molar-refractivity contribution >= 4 is 28.3 Å². The Balaban J connectivity index is 2.15. The van der Waals surface area contributed by atoms with Crippen molar-refractivity contribution in [2.24, 2.45) is 0 Å². The van der Waals surface area contributed by atoms with Gasteiger partial charge in [-0.05, 0) is 43.8 Å². The zero-order chi connectivity index (χ0) is 19.7. The number of ether oxygens (including phenoxy) is 1. The van der Waals surface area contributed by atoms with Crippen LogP contribution in [0.5, 0.6) is 0 Å². The van der Waals surface area contributed by atoms with Crippen molar-refractivity contribution in [3.05, 3.63) is 53.3 Å². The molecule has 4 heterocycles. The van der Waals surface area contributed by atoms with Crippen molar-refractivity contribution in [1.29, 1.82) is 0 Å². The van der Waals surface area contributed by atoms with Crippen molar-refractivity contribution in [2.75, 3.05) is 6.61 Å². The molecule has 6 nitrogen and oxygen atoms in total. The molecule has 0 N–H and O–H groups in total. The summed E-state index contributed by atoms with van der Waals surface area (Å²) < 4.78 is 7.26. The van der Waals surface area contributed by atoms with E-state index in [0.717, 1.165) is 32.6 Å². The third-order valence-corrected chi connectivity index (χ3v) is 5.36. The molecule has 0 amide bonds. The fourth-order valence-corrected chi connectivity index (χ4v) is 4.02. The van der Waals surface area contributed by atoms with Gasteiger partial charge in [0.05, 0.1) is 28.9 Å². The first-order chi connectivity index (χ1) is 13.6. The van der Waals surface area contributed by atoms with Gasteiger partial charge in [-0.2, -0.15) is 5.10 Å². The molecule has 0 saturated heterocycles. The lowest BCUT2D eigenvalue weighted by atomic mass is 9.96. The Kier molecular flexibility index (Phi) is 4.92. The van der Waals surface area contributed by atoms with E-state index >= 15 is 0 Å². The van der Waals surface area contributed by atoms with Crippen LogP contribution in [0.25, 0.3) is 32.7 Å². The Labute approximate surface area is 166 Å². The standard InChI is InChI=1S/C21H20N4O2S/c1-4-25-20-15(12-23-25)17(14-9-13(3)10-22-11-14)18(21(26)27-5-2)19(24-20)16-7-6-8-28-16/h6-12H,4-5H2,1-3H3. The zero-order valence-corrected chi connectivity index (χ0v) is 16.8. The first-order valence-electron chi connectivity index (χ1n) is 9.16. The number of aromatic nitrogens is 4. The number of thiophene rings is 1. The van der Waals surface area contributed by atoms with E-state index in [-0.39, 0.29) is 5.97 Å². The minimum absolute atomic E-state index is 0.292. The second-order valence-electron chi connectivity index (χ2n) is 6.36. The second kappa shape index (κ2) is 7.52. The van der Waals surface area contributed by atoms with Gasteiger partial charge in [-0.15, -0.1) is 11.3 Å². The lowest BCUT2D eigenvalue weighted by Gasteiger charge is -2.15. The molecule has 0 spiro atoms. The highest BCUT2D eigenvalue weighted by molar-refractivity contribution is 7.13. The summed E-state index contributed by atoms with van der Waals surface area (Å²) in [5, 5.41) is 7.27. The molecule has 0 aliphatic heterocycles. The highest BCUT2D eigenvalue weighted by atomic mass is 32.1. The van der Waals surface area contributed by atoms with E-state index in [9.17, 15) is 4.79 Å². The molecule has 4 aromatic rings. The smallest absolute Gasteiger partial charge is 0.341 e. The van der Waals surface area contributed by atoms with Gasteiger partial charge in [0.2, 0.25) is 0 Å². The first kappa shape index (κ1) is 18.3. The molecule has 0 aliphatic rings. The number of hydrogen-bond acceptors (Lipinski definition) is 6. The van der Waals surface area contributed by atoms with E-state index in [1.165, 1.54) is 0 Å². The van der Waals surface area contributed by atoms with Crippen LogP contribution in [0.1, 0.15) is 29.8 Å².